The molecule has 0 aliphatic rings. The Morgan fingerprint density at radius 2 is 1.35 bits per heavy atom. The van der Waals surface area contributed by atoms with Crippen LogP contribution in [0.25, 0.3) is 0 Å². The van der Waals surface area contributed by atoms with Crippen molar-refractivity contribution < 1.29 is 4.79 Å². The summed E-state index contributed by atoms with van der Waals surface area (Å²) in [6, 6.07) is 0.412. The van der Waals surface area contributed by atoms with Crippen LogP contribution < -0.4 is 5.32 Å². The van der Waals surface area contributed by atoms with E-state index in [0.29, 0.717) is 18.4 Å². The average Bonchev–Trinajstić information content (AvgIpc) is 2.37. The monoisotopic (exact) mass is 283 g/mol. The van der Waals surface area contributed by atoms with Crippen LogP contribution in [0.15, 0.2) is 0 Å². The second-order valence-electron chi connectivity index (χ2n) is 6.56. The summed E-state index contributed by atoms with van der Waals surface area (Å²) in [5, 5.41) is 3.26. The van der Waals surface area contributed by atoms with Gasteiger partial charge < -0.3 is 5.32 Å². The molecule has 2 heteroatoms. The first-order chi connectivity index (χ1) is 9.60. The largest absolute Gasteiger partial charge is 0.353 e. The molecule has 20 heavy (non-hydrogen) atoms. The van der Waals surface area contributed by atoms with E-state index in [1.807, 2.05) is 0 Å². The highest BCUT2D eigenvalue weighted by molar-refractivity contribution is 5.76. The van der Waals surface area contributed by atoms with E-state index < -0.39 is 0 Å². The first kappa shape index (κ1) is 19.5. The Morgan fingerprint density at radius 3 is 1.90 bits per heavy atom. The number of unbranched alkanes of at least 4 members (excludes halogenated alkanes) is 6. The number of carbonyl (C=O) groups excluding carboxylic acids is 1. The van der Waals surface area contributed by atoms with Crippen LogP contribution >= 0.6 is 0 Å². The Bertz CT molecular complexity index is 225. The Morgan fingerprint density at radius 1 is 0.850 bits per heavy atom. The molecule has 0 rings (SSSR count). The van der Waals surface area contributed by atoms with Crippen molar-refractivity contribution in [1.29, 1.82) is 0 Å². The van der Waals surface area contributed by atoms with Crippen molar-refractivity contribution in [3.05, 3.63) is 0 Å². The summed E-state index contributed by atoms with van der Waals surface area (Å²) < 4.78 is 0. The molecule has 1 amide bonds. The molecule has 1 atom stereocenters. The molecule has 0 heterocycles. The maximum absolute atomic E-state index is 11.9. The molecular formula is C18H37NO. The zero-order valence-electron chi connectivity index (χ0n) is 14.3. The van der Waals surface area contributed by atoms with Crippen molar-refractivity contribution in [3.63, 3.8) is 0 Å². The van der Waals surface area contributed by atoms with Gasteiger partial charge >= 0.3 is 0 Å². The van der Waals surface area contributed by atoms with Crippen LogP contribution in [-0.2, 0) is 4.79 Å². The van der Waals surface area contributed by atoms with E-state index in [2.05, 4.69) is 33.0 Å². The highest BCUT2D eigenvalue weighted by Crippen LogP contribution is 2.13. The topological polar surface area (TPSA) is 29.1 Å². The molecule has 0 aromatic carbocycles. The first-order valence-electron chi connectivity index (χ1n) is 8.89. The van der Waals surface area contributed by atoms with Crippen molar-refractivity contribution in [2.45, 2.75) is 104 Å². The van der Waals surface area contributed by atoms with E-state index in [1.165, 1.54) is 51.4 Å². The molecule has 0 fully saturated rings. The number of amides is 1. The van der Waals surface area contributed by atoms with Crippen LogP contribution in [0.2, 0.25) is 0 Å². The SMILES string of the molecule is CCCCCCCC(CCCCC)NC(=O)CC(C)C. The maximum Gasteiger partial charge on any atom is 0.220 e. The smallest absolute Gasteiger partial charge is 0.220 e. The highest BCUT2D eigenvalue weighted by Gasteiger charge is 2.12. The second kappa shape index (κ2) is 13.5. The lowest BCUT2D eigenvalue weighted by Gasteiger charge is -2.19. The zero-order chi connectivity index (χ0) is 15.2. The Hall–Kier alpha value is -0.530. The van der Waals surface area contributed by atoms with Gasteiger partial charge in [0, 0.05) is 12.5 Å². The van der Waals surface area contributed by atoms with Crippen molar-refractivity contribution in [2.24, 2.45) is 5.92 Å². The standard InChI is InChI=1S/C18H37NO/c1-5-7-9-10-12-14-17(13-11-8-6-2)19-18(20)15-16(3)4/h16-17H,5-15H2,1-4H3,(H,19,20). The van der Waals surface area contributed by atoms with Gasteiger partial charge in [0.05, 0.1) is 0 Å². The third-order valence-electron chi connectivity index (χ3n) is 3.77. The fourth-order valence-corrected chi connectivity index (χ4v) is 2.58. The lowest BCUT2D eigenvalue weighted by atomic mass is 10.0. The molecule has 0 aliphatic carbocycles. The van der Waals surface area contributed by atoms with Crippen molar-refractivity contribution in [3.8, 4) is 0 Å². The van der Waals surface area contributed by atoms with E-state index >= 15 is 0 Å². The van der Waals surface area contributed by atoms with E-state index in [-0.39, 0.29) is 5.91 Å². The van der Waals surface area contributed by atoms with Crippen LogP contribution in [-0.4, -0.2) is 11.9 Å². The third kappa shape index (κ3) is 12.5. The van der Waals surface area contributed by atoms with E-state index in [4.69, 9.17) is 0 Å². The predicted molar refractivity (Wildman–Crippen MR) is 88.9 cm³/mol. The Kier molecular flexibility index (Phi) is 13.1. The second-order valence-corrected chi connectivity index (χ2v) is 6.56. The number of hydrogen-bond acceptors (Lipinski definition) is 1. The van der Waals surface area contributed by atoms with Gasteiger partial charge in [0.15, 0.2) is 0 Å². The Labute approximate surface area is 127 Å². The van der Waals surface area contributed by atoms with Gasteiger partial charge in [0.2, 0.25) is 5.91 Å². The normalized spacial score (nSPS) is 12.7. The number of nitrogens with one attached hydrogen (secondary N) is 1. The summed E-state index contributed by atoms with van der Waals surface area (Å²) in [6.45, 7) is 8.70. The summed E-state index contributed by atoms with van der Waals surface area (Å²) in [6.07, 6.45) is 13.3. The number of hydrogen-bond donors (Lipinski definition) is 1. The maximum atomic E-state index is 11.9. The van der Waals surface area contributed by atoms with E-state index in [1.54, 1.807) is 0 Å². The molecule has 0 spiro atoms. The number of carbonyl (C=O) groups is 1. The molecule has 0 aromatic rings. The summed E-state index contributed by atoms with van der Waals surface area (Å²) >= 11 is 0. The molecular weight excluding hydrogens is 246 g/mol. The molecule has 0 bridgehead atoms. The number of rotatable bonds is 13. The molecule has 1 N–H and O–H groups in total. The van der Waals surface area contributed by atoms with Gasteiger partial charge in [0.1, 0.15) is 0 Å². The van der Waals surface area contributed by atoms with Crippen molar-refractivity contribution >= 4 is 5.91 Å². The predicted octanol–water partition coefficient (Wildman–Crippen LogP) is 5.46. The summed E-state index contributed by atoms with van der Waals surface area (Å²) in [5.74, 6) is 0.700. The summed E-state index contributed by atoms with van der Waals surface area (Å²) in [7, 11) is 0. The highest BCUT2D eigenvalue weighted by atomic mass is 16.1. The van der Waals surface area contributed by atoms with Crippen LogP contribution in [0.5, 0.6) is 0 Å². The molecule has 2 nitrogen and oxygen atoms in total. The lowest BCUT2D eigenvalue weighted by Crippen LogP contribution is -2.35. The minimum Gasteiger partial charge on any atom is -0.353 e. The van der Waals surface area contributed by atoms with Crippen LogP contribution in [0.4, 0.5) is 0 Å². The minimum absolute atomic E-state index is 0.245. The zero-order valence-corrected chi connectivity index (χ0v) is 14.3. The molecule has 0 saturated heterocycles. The third-order valence-corrected chi connectivity index (χ3v) is 3.77. The van der Waals surface area contributed by atoms with Gasteiger partial charge in [0.25, 0.3) is 0 Å². The van der Waals surface area contributed by atoms with Gasteiger partial charge in [-0.1, -0.05) is 79.1 Å². The fraction of sp³-hybridized carbons (Fsp3) is 0.944. The van der Waals surface area contributed by atoms with Gasteiger partial charge in [-0.25, -0.2) is 0 Å². The minimum atomic E-state index is 0.245. The molecule has 0 saturated carbocycles. The molecule has 0 aromatic heterocycles. The van der Waals surface area contributed by atoms with Crippen molar-refractivity contribution in [1.82, 2.24) is 5.32 Å². The van der Waals surface area contributed by atoms with Crippen LogP contribution in [0, 0.1) is 5.92 Å². The van der Waals surface area contributed by atoms with Gasteiger partial charge in [-0.05, 0) is 18.8 Å². The van der Waals surface area contributed by atoms with Crippen LogP contribution in [0.1, 0.15) is 98.3 Å². The first-order valence-corrected chi connectivity index (χ1v) is 8.89. The summed E-state index contributed by atoms with van der Waals surface area (Å²) in [5.41, 5.74) is 0. The molecule has 120 valence electrons. The van der Waals surface area contributed by atoms with Gasteiger partial charge in [-0.15, -0.1) is 0 Å². The van der Waals surface area contributed by atoms with Gasteiger partial charge in [-0.2, -0.15) is 0 Å². The average molecular weight is 284 g/mol. The van der Waals surface area contributed by atoms with Crippen LogP contribution in [0.3, 0.4) is 0 Å². The molecule has 0 aliphatic heterocycles. The molecule has 1 unspecified atom stereocenters. The van der Waals surface area contributed by atoms with Crippen molar-refractivity contribution in [2.75, 3.05) is 0 Å². The van der Waals surface area contributed by atoms with E-state index in [9.17, 15) is 4.79 Å². The summed E-state index contributed by atoms with van der Waals surface area (Å²) in [4.78, 5) is 11.9. The lowest BCUT2D eigenvalue weighted by molar-refractivity contribution is -0.122. The molecule has 0 radical (unpaired) electrons. The van der Waals surface area contributed by atoms with Gasteiger partial charge in [-0.3, -0.25) is 4.79 Å². The fourth-order valence-electron chi connectivity index (χ4n) is 2.58. The van der Waals surface area contributed by atoms with E-state index in [0.717, 1.165) is 12.8 Å². The Balaban J connectivity index is 3.95. The quantitative estimate of drug-likeness (QED) is 0.447.